The van der Waals surface area contributed by atoms with E-state index in [4.69, 9.17) is 0 Å². The molecule has 1 aromatic heterocycles. The molecule has 4 nitrogen and oxygen atoms in total. The van der Waals surface area contributed by atoms with Crippen molar-refractivity contribution < 1.29 is 13.6 Å². The number of H-pyrrole nitrogens is 1. The van der Waals surface area contributed by atoms with Gasteiger partial charge in [0, 0.05) is 22.7 Å². The Labute approximate surface area is 147 Å². The summed E-state index contributed by atoms with van der Waals surface area (Å²) < 4.78 is 26.7. The fraction of sp³-hybridized carbons (Fsp3) is 0. The number of aromatic amines is 1. The standard InChI is InChI=1S/C20H13F2N3O/c21-16-7-14(8-17(22)10-16)12-1-3-13(4-2-12)20(26)24-18-5-6-19-15(9-18)11-23-25-19/h1-11H,(H,23,25)(H,24,26). The Morgan fingerprint density at radius 2 is 1.62 bits per heavy atom. The number of amides is 1. The number of halogens is 2. The molecule has 0 unspecified atom stereocenters. The summed E-state index contributed by atoms with van der Waals surface area (Å²) in [4.78, 5) is 12.4. The monoisotopic (exact) mass is 349 g/mol. The van der Waals surface area contributed by atoms with Crippen molar-refractivity contribution in [1.82, 2.24) is 10.2 Å². The molecule has 3 aromatic carbocycles. The van der Waals surface area contributed by atoms with E-state index in [9.17, 15) is 13.6 Å². The number of aromatic nitrogens is 2. The van der Waals surface area contributed by atoms with Gasteiger partial charge in [0.2, 0.25) is 0 Å². The van der Waals surface area contributed by atoms with Gasteiger partial charge in [-0.05, 0) is 53.6 Å². The van der Waals surface area contributed by atoms with Gasteiger partial charge in [-0.15, -0.1) is 0 Å². The van der Waals surface area contributed by atoms with E-state index in [-0.39, 0.29) is 5.91 Å². The third-order valence-corrected chi connectivity index (χ3v) is 4.04. The molecular formula is C20H13F2N3O. The van der Waals surface area contributed by atoms with Crippen LogP contribution in [0.5, 0.6) is 0 Å². The number of anilines is 1. The minimum atomic E-state index is -0.642. The zero-order chi connectivity index (χ0) is 18.1. The molecule has 2 N–H and O–H groups in total. The molecule has 0 aliphatic rings. The summed E-state index contributed by atoms with van der Waals surface area (Å²) in [5, 5.41) is 10.5. The molecular weight excluding hydrogens is 336 g/mol. The Bertz CT molecular complexity index is 1080. The molecule has 0 aliphatic heterocycles. The lowest BCUT2D eigenvalue weighted by Gasteiger charge is -2.07. The average Bonchev–Trinajstić information content (AvgIpc) is 3.09. The Morgan fingerprint density at radius 3 is 2.35 bits per heavy atom. The molecule has 4 aromatic rings. The molecule has 1 heterocycles. The van der Waals surface area contributed by atoms with Crippen molar-refractivity contribution in [3.63, 3.8) is 0 Å². The SMILES string of the molecule is O=C(Nc1ccc2[nH]ncc2c1)c1ccc(-c2cc(F)cc(F)c2)cc1. The molecule has 0 fully saturated rings. The number of hydrogen-bond acceptors (Lipinski definition) is 2. The second kappa shape index (κ2) is 6.40. The van der Waals surface area contributed by atoms with E-state index in [2.05, 4.69) is 15.5 Å². The highest BCUT2D eigenvalue weighted by Crippen LogP contribution is 2.23. The van der Waals surface area contributed by atoms with Crippen LogP contribution in [0.25, 0.3) is 22.0 Å². The lowest BCUT2D eigenvalue weighted by Crippen LogP contribution is -2.11. The maximum Gasteiger partial charge on any atom is 0.255 e. The Kier molecular flexibility index (Phi) is 3.93. The number of hydrogen-bond donors (Lipinski definition) is 2. The van der Waals surface area contributed by atoms with Crippen LogP contribution in [0, 0.1) is 11.6 Å². The first-order valence-electron chi connectivity index (χ1n) is 7.89. The van der Waals surface area contributed by atoms with Crippen LogP contribution in [0.15, 0.2) is 66.9 Å². The Morgan fingerprint density at radius 1 is 0.885 bits per heavy atom. The zero-order valence-corrected chi connectivity index (χ0v) is 13.5. The molecule has 4 rings (SSSR count). The van der Waals surface area contributed by atoms with Crippen LogP contribution >= 0.6 is 0 Å². The number of nitrogens with zero attached hydrogens (tertiary/aromatic N) is 1. The number of nitrogens with one attached hydrogen (secondary N) is 2. The third-order valence-electron chi connectivity index (χ3n) is 4.04. The van der Waals surface area contributed by atoms with E-state index in [0.29, 0.717) is 22.4 Å². The average molecular weight is 349 g/mol. The second-order valence-corrected chi connectivity index (χ2v) is 5.86. The summed E-state index contributed by atoms with van der Waals surface area (Å²) in [6, 6.07) is 15.3. The first kappa shape index (κ1) is 16.0. The fourth-order valence-corrected chi connectivity index (χ4v) is 2.76. The smallest absolute Gasteiger partial charge is 0.255 e. The molecule has 128 valence electrons. The van der Waals surface area contributed by atoms with Gasteiger partial charge in [-0.3, -0.25) is 9.89 Å². The third kappa shape index (κ3) is 3.17. The van der Waals surface area contributed by atoms with E-state index in [0.717, 1.165) is 17.0 Å². The minimum Gasteiger partial charge on any atom is -0.322 e. The molecule has 0 saturated carbocycles. The minimum absolute atomic E-state index is 0.273. The number of benzene rings is 3. The van der Waals surface area contributed by atoms with Crippen molar-refractivity contribution in [1.29, 1.82) is 0 Å². The van der Waals surface area contributed by atoms with Crippen LogP contribution in [0.1, 0.15) is 10.4 Å². The number of fused-ring (bicyclic) bond motifs is 1. The van der Waals surface area contributed by atoms with Crippen molar-refractivity contribution >= 4 is 22.5 Å². The van der Waals surface area contributed by atoms with Gasteiger partial charge in [-0.2, -0.15) is 5.10 Å². The fourth-order valence-electron chi connectivity index (χ4n) is 2.76. The zero-order valence-electron chi connectivity index (χ0n) is 13.5. The van der Waals surface area contributed by atoms with Gasteiger partial charge in [-0.1, -0.05) is 12.1 Å². The van der Waals surface area contributed by atoms with E-state index in [1.54, 1.807) is 36.5 Å². The molecule has 1 amide bonds. The molecule has 0 radical (unpaired) electrons. The maximum absolute atomic E-state index is 13.3. The van der Waals surface area contributed by atoms with Crippen molar-refractivity contribution in [2.24, 2.45) is 0 Å². The van der Waals surface area contributed by atoms with Gasteiger partial charge < -0.3 is 5.32 Å². The van der Waals surface area contributed by atoms with Crippen LogP contribution < -0.4 is 5.32 Å². The highest BCUT2D eigenvalue weighted by Gasteiger charge is 2.09. The lowest BCUT2D eigenvalue weighted by atomic mass is 10.0. The van der Waals surface area contributed by atoms with Crippen LogP contribution in [0.4, 0.5) is 14.5 Å². The van der Waals surface area contributed by atoms with Crippen LogP contribution in [0.3, 0.4) is 0 Å². The van der Waals surface area contributed by atoms with Gasteiger partial charge in [0.05, 0.1) is 11.7 Å². The van der Waals surface area contributed by atoms with Gasteiger partial charge in [0.1, 0.15) is 11.6 Å². The molecule has 0 bridgehead atoms. The van der Waals surface area contributed by atoms with Crippen LogP contribution in [0.2, 0.25) is 0 Å². The van der Waals surface area contributed by atoms with Crippen molar-refractivity contribution in [2.45, 2.75) is 0 Å². The predicted octanol–water partition coefficient (Wildman–Crippen LogP) is 4.76. The summed E-state index contributed by atoms with van der Waals surface area (Å²) in [5.41, 5.74) is 3.02. The number of carbonyl (C=O) groups is 1. The summed E-state index contributed by atoms with van der Waals surface area (Å²) in [6.07, 6.45) is 1.68. The van der Waals surface area contributed by atoms with Crippen molar-refractivity contribution in [3.05, 3.63) is 84.1 Å². The van der Waals surface area contributed by atoms with E-state index in [1.165, 1.54) is 12.1 Å². The summed E-state index contributed by atoms with van der Waals surface area (Å²) >= 11 is 0. The van der Waals surface area contributed by atoms with Crippen molar-refractivity contribution in [3.8, 4) is 11.1 Å². The Balaban J connectivity index is 1.54. The quantitative estimate of drug-likeness (QED) is 0.560. The van der Waals surface area contributed by atoms with Gasteiger partial charge >= 0.3 is 0 Å². The summed E-state index contributed by atoms with van der Waals surface area (Å²) in [5.74, 6) is -1.56. The second-order valence-electron chi connectivity index (χ2n) is 5.86. The topological polar surface area (TPSA) is 57.8 Å². The largest absolute Gasteiger partial charge is 0.322 e. The molecule has 0 aliphatic carbocycles. The van der Waals surface area contributed by atoms with E-state index >= 15 is 0 Å². The molecule has 0 saturated heterocycles. The first-order chi connectivity index (χ1) is 12.6. The van der Waals surface area contributed by atoms with Crippen molar-refractivity contribution in [2.75, 3.05) is 5.32 Å². The predicted molar refractivity (Wildman–Crippen MR) is 95.8 cm³/mol. The van der Waals surface area contributed by atoms with Gasteiger partial charge in [0.25, 0.3) is 5.91 Å². The number of rotatable bonds is 3. The molecule has 26 heavy (non-hydrogen) atoms. The summed E-state index contributed by atoms with van der Waals surface area (Å²) in [7, 11) is 0. The van der Waals surface area contributed by atoms with Gasteiger partial charge in [-0.25, -0.2) is 8.78 Å². The van der Waals surface area contributed by atoms with Crippen LogP contribution in [-0.2, 0) is 0 Å². The van der Waals surface area contributed by atoms with Gasteiger partial charge in [0.15, 0.2) is 0 Å². The molecule has 0 spiro atoms. The normalized spacial score (nSPS) is 10.8. The summed E-state index contributed by atoms with van der Waals surface area (Å²) in [6.45, 7) is 0. The highest BCUT2D eigenvalue weighted by atomic mass is 19.1. The Hall–Kier alpha value is -3.54. The molecule has 0 atom stereocenters. The van der Waals surface area contributed by atoms with E-state index in [1.807, 2.05) is 12.1 Å². The van der Waals surface area contributed by atoms with Crippen LogP contribution in [-0.4, -0.2) is 16.1 Å². The molecule has 6 heteroatoms. The maximum atomic E-state index is 13.3. The first-order valence-corrected chi connectivity index (χ1v) is 7.89. The highest BCUT2D eigenvalue weighted by molar-refractivity contribution is 6.05. The number of carbonyl (C=O) groups excluding carboxylic acids is 1. The lowest BCUT2D eigenvalue weighted by molar-refractivity contribution is 0.102. The van der Waals surface area contributed by atoms with E-state index < -0.39 is 11.6 Å².